The van der Waals surface area contributed by atoms with Gasteiger partial charge in [-0.25, -0.2) is 9.67 Å². The Kier molecular flexibility index (Phi) is 5.97. The molecule has 1 aromatic carbocycles. The molecule has 172 valence electrons. The molecule has 3 aromatic heterocycles. The van der Waals surface area contributed by atoms with Crippen LogP contribution in [0, 0.1) is 11.3 Å². The molecule has 11 heteroatoms. The number of anilines is 2. The Morgan fingerprint density at radius 3 is 2.82 bits per heavy atom. The number of carbonyl (C=O) groups excluding carboxylic acids is 1. The van der Waals surface area contributed by atoms with Gasteiger partial charge in [-0.05, 0) is 50.6 Å². The molecule has 0 aliphatic heterocycles. The minimum atomic E-state index is -0.413. The molecule has 34 heavy (non-hydrogen) atoms. The topological polar surface area (TPSA) is 153 Å². The van der Waals surface area contributed by atoms with E-state index in [9.17, 15) is 14.9 Å². The van der Waals surface area contributed by atoms with Crippen LogP contribution in [0.1, 0.15) is 42.3 Å². The van der Waals surface area contributed by atoms with E-state index in [0.29, 0.717) is 34.5 Å². The van der Waals surface area contributed by atoms with Crippen LogP contribution in [0.4, 0.5) is 11.8 Å². The van der Waals surface area contributed by atoms with Crippen molar-refractivity contribution in [2.45, 2.75) is 32.9 Å². The van der Waals surface area contributed by atoms with E-state index in [2.05, 4.69) is 42.3 Å². The maximum atomic E-state index is 12.7. The standard InChI is InChI=1S/C23H23N9O2/c1-23(2,3)32-19-17(13-27-32)21(34)29-22(28-19)31-30-20(33)15-7-4-6-14(10-15)12-26-18-16(11-24)8-5-9-25-18/h4-10,13H,12H2,1-3H3,(H,25,26)(H,30,33)(H2,28,29,31,34). The van der Waals surface area contributed by atoms with Gasteiger partial charge in [-0.3, -0.25) is 25.4 Å². The number of nitrogens with zero attached hydrogens (tertiary/aromatic N) is 5. The predicted octanol–water partition coefficient (Wildman–Crippen LogP) is 2.51. The van der Waals surface area contributed by atoms with Crippen LogP contribution in [0.15, 0.2) is 53.6 Å². The molecule has 4 rings (SSSR count). The first-order valence-electron chi connectivity index (χ1n) is 10.5. The van der Waals surface area contributed by atoms with Crippen molar-refractivity contribution in [1.82, 2.24) is 30.2 Å². The van der Waals surface area contributed by atoms with Gasteiger partial charge in [-0.15, -0.1) is 0 Å². The lowest BCUT2D eigenvalue weighted by Crippen LogP contribution is -2.32. The normalized spacial score (nSPS) is 11.1. The van der Waals surface area contributed by atoms with Gasteiger partial charge in [-0.1, -0.05) is 12.1 Å². The summed E-state index contributed by atoms with van der Waals surface area (Å²) >= 11 is 0. The van der Waals surface area contributed by atoms with Crippen molar-refractivity contribution in [3.05, 3.63) is 75.8 Å². The van der Waals surface area contributed by atoms with Crippen LogP contribution >= 0.6 is 0 Å². The van der Waals surface area contributed by atoms with Crippen LogP contribution < -0.4 is 21.7 Å². The molecular formula is C23H23N9O2. The van der Waals surface area contributed by atoms with Gasteiger partial charge in [0.2, 0.25) is 5.95 Å². The van der Waals surface area contributed by atoms with Crippen LogP contribution in [0.25, 0.3) is 11.0 Å². The average molecular weight is 457 g/mol. The van der Waals surface area contributed by atoms with E-state index in [1.54, 1.807) is 41.2 Å². The zero-order valence-corrected chi connectivity index (χ0v) is 18.9. The Morgan fingerprint density at radius 1 is 1.24 bits per heavy atom. The SMILES string of the molecule is CC(C)(C)n1ncc2c(=O)[nH]c(NNC(=O)c3cccc(CNc4ncccc4C#N)c3)nc21. The molecule has 0 radical (unpaired) electrons. The van der Waals surface area contributed by atoms with Crippen LogP contribution in [0.2, 0.25) is 0 Å². The molecule has 1 amide bonds. The second-order valence-electron chi connectivity index (χ2n) is 8.52. The third-order valence-electron chi connectivity index (χ3n) is 4.95. The lowest BCUT2D eigenvalue weighted by atomic mass is 10.1. The van der Waals surface area contributed by atoms with Crippen molar-refractivity contribution >= 4 is 28.7 Å². The number of nitriles is 1. The highest BCUT2D eigenvalue weighted by Gasteiger charge is 2.20. The number of hydrogen-bond acceptors (Lipinski definition) is 8. The average Bonchev–Trinajstić information content (AvgIpc) is 3.27. The molecule has 0 saturated heterocycles. The second-order valence-corrected chi connectivity index (χ2v) is 8.52. The molecule has 0 spiro atoms. The van der Waals surface area contributed by atoms with Crippen molar-refractivity contribution < 1.29 is 4.79 Å². The van der Waals surface area contributed by atoms with Gasteiger partial charge in [0.15, 0.2) is 5.65 Å². The zero-order valence-electron chi connectivity index (χ0n) is 18.9. The number of carbonyl (C=O) groups is 1. The van der Waals surface area contributed by atoms with Crippen LogP contribution in [-0.4, -0.2) is 30.6 Å². The van der Waals surface area contributed by atoms with E-state index < -0.39 is 5.91 Å². The summed E-state index contributed by atoms with van der Waals surface area (Å²) in [4.78, 5) is 36.2. The number of benzene rings is 1. The fourth-order valence-electron chi connectivity index (χ4n) is 3.30. The Morgan fingerprint density at radius 2 is 2.06 bits per heavy atom. The smallest absolute Gasteiger partial charge is 0.269 e. The molecule has 0 unspecified atom stereocenters. The van der Waals surface area contributed by atoms with Crippen LogP contribution in [-0.2, 0) is 12.1 Å². The number of H-pyrrole nitrogens is 1. The Bertz CT molecular complexity index is 1460. The van der Waals surface area contributed by atoms with Crippen LogP contribution in [0.5, 0.6) is 0 Å². The number of pyridine rings is 1. The first-order chi connectivity index (χ1) is 16.3. The summed E-state index contributed by atoms with van der Waals surface area (Å²) in [5, 5.41) is 16.9. The largest absolute Gasteiger partial charge is 0.365 e. The molecule has 3 heterocycles. The molecule has 0 aliphatic rings. The number of fused-ring (bicyclic) bond motifs is 1. The summed E-state index contributed by atoms with van der Waals surface area (Å²) in [5.74, 6) is 0.153. The summed E-state index contributed by atoms with van der Waals surface area (Å²) in [7, 11) is 0. The quantitative estimate of drug-likeness (QED) is 0.322. The highest BCUT2D eigenvalue weighted by molar-refractivity contribution is 5.95. The van der Waals surface area contributed by atoms with E-state index in [4.69, 9.17) is 0 Å². The Hall–Kier alpha value is -4.72. The molecule has 0 fully saturated rings. The molecule has 11 nitrogen and oxygen atoms in total. The number of hydrazine groups is 1. The number of amides is 1. The van der Waals surface area contributed by atoms with Gasteiger partial charge in [0.1, 0.15) is 17.3 Å². The van der Waals surface area contributed by atoms with E-state index in [-0.39, 0.29) is 17.0 Å². The Labute approximate surface area is 194 Å². The fourth-order valence-corrected chi connectivity index (χ4v) is 3.30. The van der Waals surface area contributed by atoms with E-state index in [1.807, 2.05) is 26.8 Å². The number of hydrogen-bond donors (Lipinski definition) is 4. The molecule has 0 bridgehead atoms. The van der Waals surface area contributed by atoms with Gasteiger partial charge in [-0.2, -0.15) is 15.3 Å². The lowest BCUT2D eigenvalue weighted by molar-refractivity contribution is 0.0962. The van der Waals surface area contributed by atoms with Crippen molar-refractivity contribution in [2.75, 3.05) is 10.7 Å². The molecule has 0 aliphatic carbocycles. The first-order valence-corrected chi connectivity index (χ1v) is 10.5. The van der Waals surface area contributed by atoms with E-state index in [1.165, 1.54) is 6.20 Å². The Balaban J connectivity index is 1.46. The number of aromatic nitrogens is 5. The number of rotatable bonds is 6. The van der Waals surface area contributed by atoms with E-state index in [0.717, 1.165) is 5.56 Å². The summed E-state index contributed by atoms with van der Waals surface area (Å²) < 4.78 is 1.65. The molecule has 4 aromatic rings. The zero-order chi connectivity index (χ0) is 24.3. The minimum absolute atomic E-state index is 0.0915. The fraction of sp³-hybridized carbons (Fsp3) is 0.217. The van der Waals surface area contributed by atoms with E-state index >= 15 is 0 Å². The first kappa shape index (κ1) is 22.5. The summed E-state index contributed by atoms with van der Waals surface area (Å²) in [6.07, 6.45) is 3.07. The maximum Gasteiger partial charge on any atom is 0.269 e. The monoisotopic (exact) mass is 457 g/mol. The maximum absolute atomic E-state index is 12.7. The van der Waals surface area contributed by atoms with Crippen molar-refractivity contribution in [1.29, 1.82) is 5.26 Å². The minimum Gasteiger partial charge on any atom is -0.365 e. The molecule has 0 atom stereocenters. The van der Waals surface area contributed by atoms with Crippen LogP contribution in [0.3, 0.4) is 0 Å². The molecule has 4 N–H and O–H groups in total. The summed E-state index contributed by atoms with van der Waals surface area (Å²) in [6.45, 7) is 6.23. The van der Waals surface area contributed by atoms with Crippen molar-refractivity contribution in [3.8, 4) is 6.07 Å². The van der Waals surface area contributed by atoms with Gasteiger partial charge in [0.05, 0.1) is 17.3 Å². The van der Waals surface area contributed by atoms with Crippen molar-refractivity contribution in [3.63, 3.8) is 0 Å². The van der Waals surface area contributed by atoms with Gasteiger partial charge < -0.3 is 5.32 Å². The number of nitrogens with one attached hydrogen (secondary N) is 4. The third-order valence-corrected chi connectivity index (χ3v) is 4.95. The summed E-state index contributed by atoms with van der Waals surface area (Å²) in [5.41, 5.74) is 6.55. The molecule has 0 saturated carbocycles. The van der Waals surface area contributed by atoms with Crippen molar-refractivity contribution in [2.24, 2.45) is 0 Å². The molecular weight excluding hydrogens is 434 g/mol. The van der Waals surface area contributed by atoms with Gasteiger partial charge in [0.25, 0.3) is 11.5 Å². The second kappa shape index (κ2) is 9.03. The van der Waals surface area contributed by atoms with Gasteiger partial charge >= 0.3 is 0 Å². The highest BCUT2D eigenvalue weighted by atomic mass is 16.2. The number of aromatic amines is 1. The summed E-state index contributed by atoms with van der Waals surface area (Å²) in [6, 6.07) is 12.4. The predicted molar refractivity (Wildman–Crippen MR) is 127 cm³/mol. The highest BCUT2D eigenvalue weighted by Crippen LogP contribution is 2.18. The third kappa shape index (κ3) is 4.71. The van der Waals surface area contributed by atoms with Gasteiger partial charge in [0, 0.05) is 18.3 Å². The lowest BCUT2D eigenvalue weighted by Gasteiger charge is -2.19.